The lowest BCUT2D eigenvalue weighted by Crippen LogP contribution is -2.57. The van der Waals surface area contributed by atoms with Crippen LogP contribution in [0.25, 0.3) is 0 Å². The second kappa shape index (κ2) is 10.00. The molecule has 29 heavy (non-hydrogen) atoms. The maximum absolute atomic E-state index is 12.0. The van der Waals surface area contributed by atoms with Gasteiger partial charge in [-0.05, 0) is 66.8 Å². The summed E-state index contributed by atoms with van der Waals surface area (Å²) in [5.41, 5.74) is 1.56. The van der Waals surface area contributed by atoms with E-state index < -0.39 is 0 Å². The lowest BCUT2D eigenvalue weighted by atomic mass is 9.46. The topological polar surface area (TPSA) is 63.6 Å². The van der Waals surface area contributed by atoms with E-state index >= 15 is 0 Å². The minimum atomic E-state index is -0.305. The summed E-state index contributed by atoms with van der Waals surface area (Å²) in [5.74, 6) is 1.54. The van der Waals surface area contributed by atoms with Crippen LogP contribution in [0.2, 0.25) is 0 Å². The molecule has 0 radical (unpaired) electrons. The van der Waals surface area contributed by atoms with Crippen LogP contribution in [0.5, 0.6) is 0 Å². The number of aliphatic hydroxyl groups excluding tert-OH is 1. The van der Waals surface area contributed by atoms with Crippen molar-refractivity contribution in [2.24, 2.45) is 28.6 Å². The lowest BCUT2D eigenvalue weighted by Gasteiger charge is -2.61. The summed E-state index contributed by atoms with van der Waals surface area (Å²) in [6.45, 7) is 13.2. The zero-order valence-corrected chi connectivity index (χ0v) is 19.9. The molecule has 2 aliphatic carbocycles. The van der Waals surface area contributed by atoms with Crippen molar-refractivity contribution in [3.63, 3.8) is 0 Å². The lowest BCUT2D eigenvalue weighted by molar-refractivity contribution is -0.111. The quantitative estimate of drug-likeness (QED) is 0.614. The molecule has 3 rings (SSSR count). The van der Waals surface area contributed by atoms with Crippen molar-refractivity contribution in [2.45, 2.75) is 91.4 Å². The Morgan fingerprint density at radius 2 is 2.03 bits per heavy atom. The maximum Gasteiger partial charge on any atom is 0.186 e. The summed E-state index contributed by atoms with van der Waals surface area (Å²) >= 11 is 1.53. The van der Waals surface area contributed by atoms with Gasteiger partial charge < -0.3 is 14.6 Å². The molecule has 6 unspecified atom stereocenters. The molecule has 1 aliphatic heterocycles. The van der Waals surface area contributed by atoms with E-state index in [0.717, 1.165) is 45.0 Å². The number of fused-ring (bicyclic) bond motifs is 3. The maximum atomic E-state index is 12.0. The third kappa shape index (κ3) is 4.76. The van der Waals surface area contributed by atoms with Crippen LogP contribution in [-0.2, 0) is 14.3 Å². The molecule has 0 bridgehead atoms. The Morgan fingerprint density at radius 3 is 2.55 bits per heavy atom. The molecule has 0 aromatic carbocycles. The van der Waals surface area contributed by atoms with Gasteiger partial charge in [-0.2, -0.15) is 0 Å². The standard InChI is InChI=1S/C21H34O3S.C3H6O/c1-6-16-19-17(7-8-20(16,4)13(2)22)21(5)9-10-24-12-15(21)11-18(19)25-14(3)23;1-2-3-4/h12-13,16-19,22H,6-11H2,1-5H3;3H,2H2,1H3/t13?,16?,17?,18-,19?,20?,21?;/m1./s1. The van der Waals surface area contributed by atoms with Crippen molar-refractivity contribution in [2.75, 3.05) is 6.61 Å². The Kier molecular flexibility index (Phi) is 8.43. The number of allylic oxidation sites excluding steroid dienone is 1. The van der Waals surface area contributed by atoms with Crippen molar-refractivity contribution in [3.8, 4) is 0 Å². The van der Waals surface area contributed by atoms with Crippen LogP contribution in [-0.4, -0.2) is 34.5 Å². The van der Waals surface area contributed by atoms with E-state index in [2.05, 4.69) is 20.8 Å². The summed E-state index contributed by atoms with van der Waals surface area (Å²) in [5, 5.41) is 11.1. The average Bonchev–Trinajstić information content (AvgIpc) is 2.68. The first-order chi connectivity index (χ1) is 13.7. The smallest absolute Gasteiger partial charge is 0.186 e. The van der Waals surface area contributed by atoms with E-state index in [1.807, 2.05) is 20.1 Å². The first kappa shape index (κ1) is 24.5. The molecule has 2 fully saturated rings. The van der Waals surface area contributed by atoms with Crippen LogP contribution in [0.3, 0.4) is 0 Å². The molecule has 1 N–H and O–H groups in total. The summed E-state index contributed by atoms with van der Waals surface area (Å²) in [6.07, 6.45) is 8.53. The molecule has 166 valence electrons. The summed E-state index contributed by atoms with van der Waals surface area (Å²) in [7, 11) is 0. The monoisotopic (exact) mass is 424 g/mol. The van der Waals surface area contributed by atoms with E-state index in [-0.39, 0.29) is 22.0 Å². The number of carbonyl (C=O) groups excluding carboxylic acids is 2. The molecule has 0 amide bonds. The minimum absolute atomic E-state index is 0.0474. The fourth-order valence-electron chi connectivity index (χ4n) is 6.20. The number of ether oxygens (including phenoxy) is 1. The number of aldehydes is 1. The van der Waals surface area contributed by atoms with Crippen LogP contribution in [0.1, 0.15) is 80.1 Å². The SMILES string of the molecule is CCC1C2C(CCC1(C)C(C)O)C1(C)CCOC=C1C[C@H]2SC(C)=O.CCC=O. The third-order valence-corrected chi connectivity index (χ3v) is 9.13. The highest BCUT2D eigenvalue weighted by Crippen LogP contribution is 2.64. The molecule has 0 saturated heterocycles. The number of thioether (sulfide) groups is 1. The number of hydrogen-bond donors (Lipinski definition) is 1. The molecule has 5 heteroatoms. The van der Waals surface area contributed by atoms with Gasteiger partial charge in [0.1, 0.15) is 6.29 Å². The van der Waals surface area contributed by atoms with Crippen LogP contribution in [0.15, 0.2) is 11.8 Å². The van der Waals surface area contributed by atoms with E-state index in [4.69, 9.17) is 4.74 Å². The largest absolute Gasteiger partial charge is 0.501 e. The van der Waals surface area contributed by atoms with Crippen LogP contribution < -0.4 is 0 Å². The predicted octanol–water partition coefficient (Wildman–Crippen LogP) is 5.38. The second-order valence-electron chi connectivity index (χ2n) is 9.53. The highest BCUT2D eigenvalue weighted by molar-refractivity contribution is 8.14. The Labute approximate surface area is 181 Å². The van der Waals surface area contributed by atoms with E-state index in [9.17, 15) is 14.7 Å². The molecule has 0 spiro atoms. The van der Waals surface area contributed by atoms with Gasteiger partial charge in [0.05, 0.1) is 19.0 Å². The second-order valence-corrected chi connectivity index (χ2v) is 10.9. The first-order valence-corrected chi connectivity index (χ1v) is 12.1. The van der Waals surface area contributed by atoms with Crippen molar-refractivity contribution < 1.29 is 19.4 Å². The Balaban J connectivity index is 0.000000687. The minimum Gasteiger partial charge on any atom is -0.501 e. The van der Waals surface area contributed by atoms with Gasteiger partial charge in [0.25, 0.3) is 0 Å². The van der Waals surface area contributed by atoms with Gasteiger partial charge in [0.15, 0.2) is 5.12 Å². The van der Waals surface area contributed by atoms with Gasteiger partial charge >= 0.3 is 0 Å². The molecule has 0 aromatic heterocycles. The zero-order valence-electron chi connectivity index (χ0n) is 19.1. The molecule has 0 aromatic rings. The fraction of sp³-hybridized carbons (Fsp3) is 0.833. The first-order valence-electron chi connectivity index (χ1n) is 11.3. The molecule has 1 heterocycles. The highest BCUT2D eigenvalue weighted by atomic mass is 32.2. The van der Waals surface area contributed by atoms with Crippen LogP contribution >= 0.6 is 11.8 Å². The van der Waals surface area contributed by atoms with Gasteiger partial charge in [0.2, 0.25) is 0 Å². The Morgan fingerprint density at radius 1 is 1.38 bits per heavy atom. The number of aliphatic hydroxyl groups is 1. The van der Waals surface area contributed by atoms with Gasteiger partial charge in [-0.3, -0.25) is 4.79 Å². The third-order valence-electron chi connectivity index (χ3n) is 8.02. The fourth-order valence-corrected chi connectivity index (χ4v) is 7.43. The Bertz CT molecular complexity index is 616. The van der Waals surface area contributed by atoms with Crippen molar-refractivity contribution in [1.82, 2.24) is 0 Å². The van der Waals surface area contributed by atoms with Crippen molar-refractivity contribution in [3.05, 3.63) is 11.8 Å². The van der Waals surface area contributed by atoms with Gasteiger partial charge in [-0.1, -0.05) is 45.9 Å². The molecular formula is C24H40O4S. The molecule has 3 aliphatic rings. The van der Waals surface area contributed by atoms with Crippen LogP contribution in [0, 0.1) is 28.6 Å². The van der Waals surface area contributed by atoms with E-state index in [1.165, 1.54) is 17.3 Å². The molecule has 4 nitrogen and oxygen atoms in total. The van der Waals surface area contributed by atoms with Gasteiger partial charge in [-0.15, -0.1) is 0 Å². The van der Waals surface area contributed by atoms with E-state index in [1.54, 1.807) is 6.92 Å². The van der Waals surface area contributed by atoms with Crippen molar-refractivity contribution >= 4 is 23.2 Å². The molecule has 2 saturated carbocycles. The molecule has 7 atom stereocenters. The van der Waals surface area contributed by atoms with Crippen LogP contribution in [0.4, 0.5) is 0 Å². The van der Waals surface area contributed by atoms with Gasteiger partial charge in [-0.25, -0.2) is 0 Å². The van der Waals surface area contributed by atoms with E-state index in [0.29, 0.717) is 29.4 Å². The summed E-state index contributed by atoms with van der Waals surface area (Å²) in [4.78, 5) is 21.2. The summed E-state index contributed by atoms with van der Waals surface area (Å²) < 4.78 is 5.67. The summed E-state index contributed by atoms with van der Waals surface area (Å²) in [6, 6.07) is 0. The number of carbonyl (C=O) groups is 2. The number of rotatable bonds is 4. The average molecular weight is 425 g/mol. The van der Waals surface area contributed by atoms with Gasteiger partial charge in [0, 0.05) is 18.6 Å². The van der Waals surface area contributed by atoms with Crippen molar-refractivity contribution in [1.29, 1.82) is 0 Å². The predicted molar refractivity (Wildman–Crippen MR) is 120 cm³/mol. The molecular weight excluding hydrogens is 384 g/mol. The Hall–Kier alpha value is -0.810. The normalized spacial score (nSPS) is 39.5. The zero-order chi connectivity index (χ0) is 21.8. The number of hydrogen-bond acceptors (Lipinski definition) is 5. The highest BCUT2D eigenvalue weighted by Gasteiger charge is 2.58.